The summed E-state index contributed by atoms with van der Waals surface area (Å²) in [5, 5.41) is 15.0. The first-order valence-electron chi connectivity index (χ1n) is 5.24. The number of phenols is 1. The van der Waals surface area contributed by atoms with Crippen LogP contribution in [0.1, 0.15) is 11.1 Å². The lowest BCUT2D eigenvalue weighted by molar-refractivity contribution is 0.484. The van der Waals surface area contributed by atoms with E-state index < -0.39 is 0 Å². The molecular formula is C13H16N2O. The summed E-state index contributed by atoms with van der Waals surface area (Å²) in [6.45, 7) is 3.93. The van der Waals surface area contributed by atoms with Crippen molar-refractivity contribution >= 4 is 22.1 Å². The van der Waals surface area contributed by atoms with Crippen LogP contribution >= 0.6 is 0 Å². The van der Waals surface area contributed by atoms with Gasteiger partial charge in [0, 0.05) is 18.1 Å². The highest BCUT2D eigenvalue weighted by Gasteiger charge is 2.11. The topological polar surface area (TPSA) is 58.3 Å². The molecule has 4 N–H and O–H groups in total. The Morgan fingerprint density at radius 1 is 1.19 bits per heavy atom. The van der Waals surface area contributed by atoms with E-state index in [4.69, 9.17) is 5.73 Å². The summed E-state index contributed by atoms with van der Waals surface area (Å²) in [7, 11) is 1.84. The normalized spacial score (nSPS) is 10.7. The minimum absolute atomic E-state index is 0.166. The van der Waals surface area contributed by atoms with Gasteiger partial charge in [-0.25, -0.2) is 0 Å². The molecule has 0 heterocycles. The van der Waals surface area contributed by atoms with E-state index >= 15 is 0 Å². The van der Waals surface area contributed by atoms with Gasteiger partial charge in [0.2, 0.25) is 0 Å². The highest BCUT2D eigenvalue weighted by atomic mass is 16.3. The van der Waals surface area contributed by atoms with Crippen LogP contribution in [0.5, 0.6) is 5.75 Å². The second kappa shape index (κ2) is 3.59. The van der Waals surface area contributed by atoms with Crippen LogP contribution in [0.4, 0.5) is 11.4 Å². The van der Waals surface area contributed by atoms with Gasteiger partial charge in [-0.1, -0.05) is 6.07 Å². The summed E-state index contributed by atoms with van der Waals surface area (Å²) in [6.07, 6.45) is 0. The van der Waals surface area contributed by atoms with Gasteiger partial charge in [-0.2, -0.15) is 0 Å². The van der Waals surface area contributed by atoms with Crippen molar-refractivity contribution in [2.45, 2.75) is 13.8 Å². The highest BCUT2D eigenvalue weighted by Crippen LogP contribution is 2.38. The van der Waals surface area contributed by atoms with Crippen LogP contribution in [0.3, 0.4) is 0 Å². The van der Waals surface area contributed by atoms with Crippen molar-refractivity contribution in [1.29, 1.82) is 0 Å². The van der Waals surface area contributed by atoms with Gasteiger partial charge in [0.15, 0.2) is 0 Å². The van der Waals surface area contributed by atoms with E-state index in [1.807, 2.05) is 39.1 Å². The summed E-state index contributed by atoms with van der Waals surface area (Å²) in [4.78, 5) is 0. The van der Waals surface area contributed by atoms with Crippen molar-refractivity contribution in [2.75, 3.05) is 18.1 Å². The monoisotopic (exact) mass is 216 g/mol. The van der Waals surface area contributed by atoms with E-state index in [1.54, 1.807) is 0 Å². The number of nitrogens with two attached hydrogens (primary N) is 1. The number of anilines is 2. The van der Waals surface area contributed by atoms with Crippen LogP contribution in [-0.2, 0) is 0 Å². The zero-order chi connectivity index (χ0) is 11.9. The molecule has 0 spiro atoms. The van der Waals surface area contributed by atoms with Crippen LogP contribution in [0.2, 0.25) is 0 Å². The van der Waals surface area contributed by atoms with Gasteiger partial charge in [0.25, 0.3) is 0 Å². The lowest BCUT2D eigenvalue weighted by Gasteiger charge is -2.13. The number of phenolic OH excluding ortho intramolecular Hbond substituents is 1. The molecule has 2 aromatic carbocycles. The van der Waals surface area contributed by atoms with E-state index in [0.717, 1.165) is 27.6 Å². The van der Waals surface area contributed by atoms with E-state index in [1.165, 1.54) is 0 Å². The van der Waals surface area contributed by atoms with Gasteiger partial charge in [-0.3, -0.25) is 0 Å². The molecule has 0 aliphatic carbocycles. The first-order chi connectivity index (χ1) is 7.54. The maximum absolute atomic E-state index is 10.1. The molecular weight excluding hydrogens is 200 g/mol. The molecule has 0 unspecified atom stereocenters. The maximum atomic E-state index is 10.1. The van der Waals surface area contributed by atoms with E-state index in [9.17, 15) is 5.11 Å². The van der Waals surface area contributed by atoms with E-state index in [0.29, 0.717) is 5.69 Å². The molecule has 0 aliphatic heterocycles. The van der Waals surface area contributed by atoms with Crippen LogP contribution in [-0.4, -0.2) is 12.2 Å². The smallest absolute Gasteiger partial charge is 0.148 e. The number of aromatic hydroxyl groups is 1. The molecule has 0 fully saturated rings. The predicted molar refractivity (Wildman–Crippen MR) is 69.0 cm³/mol. The van der Waals surface area contributed by atoms with Crippen molar-refractivity contribution in [3.8, 4) is 5.75 Å². The zero-order valence-corrected chi connectivity index (χ0v) is 9.76. The van der Waals surface area contributed by atoms with Gasteiger partial charge in [-0.05, 0) is 42.5 Å². The minimum atomic E-state index is 0.166. The van der Waals surface area contributed by atoms with Crippen LogP contribution in [0, 0.1) is 13.8 Å². The van der Waals surface area contributed by atoms with Crippen molar-refractivity contribution in [3.63, 3.8) is 0 Å². The Labute approximate surface area is 94.9 Å². The Hall–Kier alpha value is -1.90. The largest absolute Gasteiger partial charge is 0.505 e. The van der Waals surface area contributed by atoms with Crippen LogP contribution in [0.15, 0.2) is 18.2 Å². The number of nitrogens with one attached hydrogen (secondary N) is 1. The molecule has 0 aliphatic rings. The second-order valence-corrected chi connectivity index (χ2v) is 4.12. The summed E-state index contributed by atoms with van der Waals surface area (Å²) >= 11 is 0. The molecule has 0 bridgehead atoms. The molecule has 0 saturated carbocycles. The molecule has 0 radical (unpaired) electrons. The van der Waals surface area contributed by atoms with Crippen LogP contribution < -0.4 is 11.1 Å². The van der Waals surface area contributed by atoms with Gasteiger partial charge in [0.05, 0.1) is 5.69 Å². The maximum Gasteiger partial charge on any atom is 0.148 e. The Morgan fingerprint density at radius 3 is 2.50 bits per heavy atom. The third kappa shape index (κ3) is 1.45. The first-order valence-corrected chi connectivity index (χ1v) is 5.24. The highest BCUT2D eigenvalue weighted by molar-refractivity contribution is 6.02. The number of aryl methyl sites for hydroxylation is 2. The molecule has 0 amide bonds. The van der Waals surface area contributed by atoms with Gasteiger partial charge in [-0.15, -0.1) is 0 Å². The van der Waals surface area contributed by atoms with Gasteiger partial charge >= 0.3 is 0 Å². The molecule has 16 heavy (non-hydrogen) atoms. The lowest BCUT2D eigenvalue weighted by Crippen LogP contribution is -1.95. The SMILES string of the molecule is CNc1cc(C)cc2cc(C)c(N)c(O)c12. The average Bonchev–Trinajstić information content (AvgIpc) is 2.24. The summed E-state index contributed by atoms with van der Waals surface area (Å²) in [6, 6.07) is 6.04. The third-order valence-corrected chi connectivity index (χ3v) is 2.87. The Bertz CT molecular complexity index is 562. The molecule has 2 rings (SSSR count). The van der Waals surface area contributed by atoms with E-state index in [2.05, 4.69) is 5.32 Å². The molecule has 84 valence electrons. The molecule has 3 nitrogen and oxygen atoms in total. The molecule has 0 aromatic heterocycles. The zero-order valence-electron chi connectivity index (χ0n) is 9.76. The lowest BCUT2D eigenvalue weighted by atomic mass is 10.0. The number of benzene rings is 2. The van der Waals surface area contributed by atoms with Crippen molar-refractivity contribution in [3.05, 3.63) is 29.3 Å². The average molecular weight is 216 g/mol. The number of fused-ring (bicyclic) bond motifs is 1. The number of hydrogen-bond donors (Lipinski definition) is 3. The first kappa shape index (κ1) is 10.6. The van der Waals surface area contributed by atoms with E-state index in [-0.39, 0.29) is 5.75 Å². The van der Waals surface area contributed by atoms with Crippen LogP contribution in [0.25, 0.3) is 10.8 Å². The predicted octanol–water partition coefficient (Wildman–Crippen LogP) is 2.79. The second-order valence-electron chi connectivity index (χ2n) is 4.12. The third-order valence-electron chi connectivity index (χ3n) is 2.87. The fourth-order valence-corrected chi connectivity index (χ4v) is 2.02. The number of hydrogen-bond acceptors (Lipinski definition) is 3. The molecule has 0 atom stereocenters. The quantitative estimate of drug-likeness (QED) is 0.507. The van der Waals surface area contributed by atoms with Gasteiger partial charge in [0.1, 0.15) is 5.75 Å². The van der Waals surface area contributed by atoms with Crippen molar-refractivity contribution < 1.29 is 5.11 Å². The molecule has 3 heteroatoms. The number of nitrogen functional groups attached to an aromatic ring is 1. The summed E-state index contributed by atoms with van der Waals surface area (Å²) in [5.41, 5.74) is 9.24. The van der Waals surface area contributed by atoms with Gasteiger partial charge < -0.3 is 16.2 Å². The Morgan fingerprint density at radius 2 is 1.88 bits per heavy atom. The minimum Gasteiger partial charge on any atom is -0.505 e. The molecule has 0 saturated heterocycles. The molecule has 2 aromatic rings. The fraction of sp³-hybridized carbons (Fsp3) is 0.231. The summed E-state index contributed by atoms with van der Waals surface area (Å²) < 4.78 is 0. The van der Waals surface area contributed by atoms with Crippen molar-refractivity contribution in [2.24, 2.45) is 0 Å². The fourth-order valence-electron chi connectivity index (χ4n) is 2.02. The number of rotatable bonds is 1. The summed E-state index contributed by atoms with van der Waals surface area (Å²) in [5.74, 6) is 0.166. The Balaban J connectivity index is 2.95. The van der Waals surface area contributed by atoms with Crippen molar-refractivity contribution in [1.82, 2.24) is 0 Å². The standard InChI is InChI=1S/C13H16N2O/c1-7-4-9-6-8(2)12(14)13(16)11(9)10(5-7)15-3/h4-6,15-16H,14H2,1-3H3. The Kier molecular flexibility index (Phi) is 2.38.